The summed E-state index contributed by atoms with van der Waals surface area (Å²) in [5.41, 5.74) is 0.907. The fourth-order valence-corrected chi connectivity index (χ4v) is 1.65. The molecule has 0 saturated heterocycles. The van der Waals surface area contributed by atoms with E-state index in [-0.39, 0.29) is 0 Å². The van der Waals surface area contributed by atoms with E-state index in [1.54, 1.807) is 6.07 Å². The molecule has 1 rings (SSSR count). The van der Waals surface area contributed by atoms with Gasteiger partial charge in [-0.3, -0.25) is 9.89 Å². The van der Waals surface area contributed by atoms with Crippen LogP contribution in [0.15, 0.2) is 6.07 Å². The van der Waals surface area contributed by atoms with E-state index >= 15 is 0 Å². The van der Waals surface area contributed by atoms with Gasteiger partial charge in [0.15, 0.2) is 15.7 Å². The second-order valence-corrected chi connectivity index (χ2v) is 7.33. The van der Waals surface area contributed by atoms with E-state index in [1.165, 1.54) is 13.8 Å². The van der Waals surface area contributed by atoms with E-state index in [0.29, 0.717) is 5.82 Å². The zero-order valence-electron chi connectivity index (χ0n) is 11.1. The normalized spacial score (nSPS) is 12.4. The molecule has 0 unspecified atom stereocenters. The van der Waals surface area contributed by atoms with Gasteiger partial charge >= 0.3 is 0 Å². The summed E-state index contributed by atoms with van der Waals surface area (Å²) in [4.78, 5) is 11.9. The van der Waals surface area contributed by atoms with Crippen molar-refractivity contribution in [2.24, 2.45) is 0 Å². The van der Waals surface area contributed by atoms with Crippen molar-refractivity contribution in [2.75, 3.05) is 11.6 Å². The monoisotopic (exact) mass is 273 g/mol. The van der Waals surface area contributed by atoms with Gasteiger partial charge in [-0.1, -0.05) is 13.3 Å². The molecular formula is C11H19N3O3S. The van der Waals surface area contributed by atoms with Gasteiger partial charge in [0, 0.05) is 18.0 Å². The number of nitrogens with zero attached hydrogens (tertiary/aromatic N) is 1. The number of hydrogen-bond acceptors (Lipinski definition) is 4. The van der Waals surface area contributed by atoms with E-state index in [2.05, 4.69) is 15.5 Å². The number of carbonyl (C=O) groups is 1. The molecule has 0 spiro atoms. The van der Waals surface area contributed by atoms with Crippen molar-refractivity contribution in [1.82, 2.24) is 10.2 Å². The van der Waals surface area contributed by atoms with Crippen molar-refractivity contribution in [3.63, 3.8) is 0 Å². The number of H-pyrrole nitrogens is 1. The first-order valence-corrected chi connectivity index (χ1v) is 7.63. The van der Waals surface area contributed by atoms with Crippen LogP contribution in [0.4, 0.5) is 5.82 Å². The molecule has 0 bridgehead atoms. The van der Waals surface area contributed by atoms with E-state index in [0.717, 1.165) is 24.8 Å². The molecule has 1 heterocycles. The summed E-state index contributed by atoms with van der Waals surface area (Å²) in [5, 5.41) is 9.21. The molecule has 0 aliphatic heterocycles. The standard InChI is InChI=1S/C11H19N3O3S/c1-5-6-8-7-9(14-13-8)12-10(15)11(2,3)18(4,16)17/h7H,5-6H2,1-4H3,(H2,12,13,14,15). The molecule has 6 nitrogen and oxygen atoms in total. The Balaban J connectivity index is 2.81. The van der Waals surface area contributed by atoms with Crippen LogP contribution in [0.25, 0.3) is 0 Å². The summed E-state index contributed by atoms with van der Waals surface area (Å²) < 4.78 is 21.5. The van der Waals surface area contributed by atoms with Gasteiger partial charge in [-0.05, 0) is 20.3 Å². The highest BCUT2D eigenvalue weighted by Crippen LogP contribution is 2.18. The third-order valence-corrected chi connectivity index (χ3v) is 4.90. The predicted molar refractivity (Wildman–Crippen MR) is 70.1 cm³/mol. The minimum Gasteiger partial charge on any atom is -0.308 e. The maximum Gasteiger partial charge on any atom is 0.246 e. The number of sulfone groups is 1. The molecule has 1 aromatic rings. The number of carbonyl (C=O) groups excluding carboxylic acids is 1. The lowest BCUT2D eigenvalue weighted by Crippen LogP contribution is -2.43. The van der Waals surface area contributed by atoms with Crippen molar-refractivity contribution >= 4 is 21.6 Å². The van der Waals surface area contributed by atoms with E-state index in [4.69, 9.17) is 0 Å². The zero-order chi connectivity index (χ0) is 14.0. The smallest absolute Gasteiger partial charge is 0.246 e. The summed E-state index contributed by atoms with van der Waals surface area (Å²) in [7, 11) is -3.48. The average Bonchev–Trinajstić information content (AvgIpc) is 2.64. The Labute approximate surface area is 107 Å². The molecule has 7 heteroatoms. The predicted octanol–water partition coefficient (Wildman–Crippen LogP) is 1.12. The largest absolute Gasteiger partial charge is 0.308 e. The number of hydrogen-bond donors (Lipinski definition) is 2. The molecular weight excluding hydrogens is 254 g/mol. The third-order valence-electron chi connectivity index (χ3n) is 2.87. The lowest BCUT2D eigenvalue weighted by Gasteiger charge is -2.20. The first kappa shape index (κ1) is 14.7. The summed E-state index contributed by atoms with van der Waals surface area (Å²) in [6.07, 6.45) is 2.84. The van der Waals surface area contributed by atoms with Gasteiger partial charge in [0.05, 0.1) is 0 Å². The Kier molecular flexibility index (Phi) is 4.16. The van der Waals surface area contributed by atoms with Crippen LogP contribution >= 0.6 is 0 Å². The number of aromatic amines is 1. The lowest BCUT2D eigenvalue weighted by molar-refractivity contribution is -0.117. The maximum absolute atomic E-state index is 11.9. The number of anilines is 1. The Hall–Kier alpha value is -1.37. The molecule has 1 aromatic heterocycles. The summed E-state index contributed by atoms with van der Waals surface area (Å²) in [5.74, 6) is -0.236. The number of nitrogens with one attached hydrogen (secondary N) is 2. The number of aromatic nitrogens is 2. The highest BCUT2D eigenvalue weighted by molar-refractivity contribution is 7.92. The van der Waals surface area contributed by atoms with Crippen molar-refractivity contribution < 1.29 is 13.2 Å². The maximum atomic E-state index is 11.9. The van der Waals surface area contributed by atoms with E-state index in [1.807, 2.05) is 6.92 Å². The van der Waals surface area contributed by atoms with Crippen LogP contribution in [0.5, 0.6) is 0 Å². The van der Waals surface area contributed by atoms with Crippen LogP contribution < -0.4 is 5.32 Å². The molecule has 0 fully saturated rings. The number of amides is 1. The Morgan fingerprint density at radius 2 is 2.11 bits per heavy atom. The molecule has 0 aromatic carbocycles. The van der Waals surface area contributed by atoms with Gasteiger partial charge in [0.25, 0.3) is 0 Å². The summed E-state index contributed by atoms with van der Waals surface area (Å²) in [6.45, 7) is 4.78. The molecule has 2 N–H and O–H groups in total. The lowest BCUT2D eigenvalue weighted by atomic mass is 10.2. The fourth-order valence-electron chi connectivity index (χ4n) is 1.26. The second-order valence-electron chi connectivity index (χ2n) is 4.77. The molecule has 102 valence electrons. The Morgan fingerprint density at radius 3 is 2.61 bits per heavy atom. The van der Waals surface area contributed by atoms with Gasteiger partial charge in [0.2, 0.25) is 5.91 Å². The SMILES string of the molecule is CCCc1cc(NC(=O)C(C)(C)S(C)(=O)=O)n[nH]1. The molecule has 0 radical (unpaired) electrons. The van der Waals surface area contributed by atoms with Crippen molar-refractivity contribution in [3.8, 4) is 0 Å². The van der Waals surface area contributed by atoms with E-state index < -0.39 is 20.5 Å². The second kappa shape index (κ2) is 5.09. The van der Waals surface area contributed by atoms with Gasteiger partial charge in [-0.2, -0.15) is 5.10 Å². The van der Waals surface area contributed by atoms with Crippen molar-refractivity contribution in [3.05, 3.63) is 11.8 Å². The summed E-state index contributed by atoms with van der Waals surface area (Å²) in [6, 6.07) is 1.71. The average molecular weight is 273 g/mol. The van der Waals surface area contributed by atoms with Crippen LogP contribution in [-0.2, 0) is 21.1 Å². The minimum absolute atomic E-state index is 0.347. The molecule has 1 amide bonds. The molecule has 18 heavy (non-hydrogen) atoms. The third kappa shape index (κ3) is 3.10. The highest BCUT2D eigenvalue weighted by Gasteiger charge is 2.38. The molecule has 0 saturated carbocycles. The Bertz CT molecular complexity index is 531. The van der Waals surface area contributed by atoms with Crippen molar-refractivity contribution in [1.29, 1.82) is 0 Å². The van der Waals surface area contributed by atoms with Crippen LogP contribution in [-0.4, -0.2) is 35.5 Å². The summed E-state index contributed by atoms with van der Waals surface area (Å²) >= 11 is 0. The van der Waals surface area contributed by atoms with Crippen LogP contribution in [0.2, 0.25) is 0 Å². The minimum atomic E-state index is -3.48. The number of rotatable bonds is 5. The number of aryl methyl sites for hydroxylation is 1. The van der Waals surface area contributed by atoms with Crippen LogP contribution in [0.1, 0.15) is 32.9 Å². The first-order valence-electron chi connectivity index (χ1n) is 5.74. The first-order chi connectivity index (χ1) is 8.18. The van der Waals surface area contributed by atoms with E-state index in [9.17, 15) is 13.2 Å². The molecule has 0 aliphatic rings. The fraction of sp³-hybridized carbons (Fsp3) is 0.636. The molecule has 0 atom stereocenters. The van der Waals surface area contributed by atoms with Crippen molar-refractivity contribution in [2.45, 2.75) is 38.4 Å². The molecule has 0 aliphatic carbocycles. The highest BCUT2D eigenvalue weighted by atomic mass is 32.2. The van der Waals surface area contributed by atoms with Crippen LogP contribution in [0, 0.1) is 0 Å². The van der Waals surface area contributed by atoms with Crippen LogP contribution in [0.3, 0.4) is 0 Å². The quantitative estimate of drug-likeness (QED) is 0.841. The zero-order valence-corrected chi connectivity index (χ0v) is 11.9. The van der Waals surface area contributed by atoms with Gasteiger partial charge in [-0.25, -0.2) is 8.42 Å². The van der Waals surface area contributed by atoms with Gasteiger partial charge < -0.3 is 5.32 Å². The Morgan fingerprint density at radius 1 is 1.50 bits per heavy atom. The topological polar surface area (TPSA) is 91.9 Å². The van der Waals surface area contributed by atoms with Gasteiger partial charge in [-0.15, -0.1) is 0 Å². The van der Waals surface area contributed by atoms with Gasteiger partial charge in [0.1, 0.15) is 4.75 Å².